The van der Waals surface area contributed by atoms with Crippen molar-refractivity contribution in [1.29, 1.82) is 0 Å². The van der Waals surface area contributed by atoms with Crippen molar-refractivity contribution in [2.24, 2.45) is 0 Å². The van der Waals surface area contributed by atoms with E-state index < -0.39 is 6.10 Å². The summed E-state index contributed by atoms with van der Waals surface area (Å²) in [6.45, 7) is 4.73. The van der Waals surface area contributed by atoms with E-state index in [1.807, 2.05) is 25.1 Å². The molecule has 17 heavy (non-hydrogen) atoms. The average Bonchev–Trinajstić information content (AvgIpc) is 3.06. The molecular formula is C13H16O4. The van der Waals surface area contributed by atoms with Crippen molar-refractivity contribution in [3.63, 3.8) is 0 Å². The van der Waals surface area contributed by atoms with Crippen LogP contribution in [0.15, 0.2) is 30.3 Å². The van der Waals surface area contributed by atoms with Gasteiger partial charge < -0.3 is 14.2 Å². The summed E-state index contributed by atoms with van der Waals surface area (Å²) in [7, 11) is 0. The summed E-state index contributed by atoms with van der Waals surface area (Å²) in [5, 5.41) is 0. The summed E-state index contributed by atoms with van der Waals surface area (Å²) >= 11 is 0. The number of hydrogen-bond donors (Lipinski definition) is 0. The van der Waals surface area contributed by atoms with E-state index in [1.165, 1.54) is 0 Å². The largest absolute Gasteiger partial charge is 0.425 e. The van der Waals surface area contributed by atoms with E-state index in [9.17, 15) is 4.79 Å². The topological polar surface area (TPSA) is 48.1 Å². The predicted octanol–water partition coefficient (Wildman–Crippen LogP) is 1.79. The zero-order valence-electron chi connectivity index (χ0n) is 10.0. The number of epoxide rings is 1. The summed E-state index contributed by atoms with van der Waals surface area (Å²) in [6.07, 6.45) is -0.587. The molecule has 0 N–H and O–H groups in total. The maximum atomic E-state index is 11.7. The number of benzene rings is 1. The van der Waals surface area contributed by atoms with Gasteiger partial charge in [-0.25, -0.2) is 4.79 Å². The molecule has 1 unspecified atom stereocenters. The Morgan fingerprint density at radius 2 is 2.12 bits per heavy atom. The molecule has 0 aromatic heterocycles. The van der Waals surface area contributed by atoms with Gasteiger partial charge in [0, 0.05) is 0 Å². The highest BCUT2D eigenvalue weighted by atomic mass is 16.6. The molecule has 0 radical (unpaired) electrons. The van der Waals surface area contributed by atoms with E-state index in [0.29, 0.717) is 19.0 Å². The Balaban J connectivity index is 1.79. The molecule has 0 bridgehead atoms. The van der Waals surface area contributed by atoms with E-state index in [2.05, 4.69) is 0 Å². The van der Waals surface area contributed by atoms with E-state index in [-0.39, 0.29) is 11.6 Å². The van der Waals surface area contributed by atoms with E-state index >= 15 is 0 Å². The van der Waals surface area contributed by atoms with Gasteiger partial charge in [-0.1, -0.05) is 18.2 Å². The number of esters is 1. The molecule has 1 aromatic rings. The van der Waals surface area contributed by atoms with Crippen molar-refractivity contribution < 1.29 is 19.0 Å². The van der Waals surface area contributed by atoms with Gasteiger partial charge in [-0.15, -0.1) is 0 Å². The first-order valence-electron chi connectivity index (χ1n) is 5.61. The van der Waals surface area contributed by atoms with Crippen LogP contribution in [0.4, 0.5) is 0 Å². The lowest BCUT2D eigenvalue weighted by Gasteiger charge is -2.13. The molecule has 0 saturated carbocycles. The first-order chi connectivity index (χ1) is 8.09. The van der Waals surface area contributed by atoms with Crippen LogP contribution in [0.1, 0.15) is 13.8 Å². The number of carbonyl (C=O) groups excluding carboxylic acids is 1. The third-order valence-electron chi connectivity index (χ3n) is 2.57. The number of carbonyl (C=O) groups is 1. The lowest BCUT2D eigenvalue weighted by molar-refractivity contribution is -0.147. The molecule has 1 saturated heterocycles. The summed E-state index contributed by atoms with van der Waals surface area (Å²) in [5.74, 6) is 0.141. The highest BCUT2D eigenvalue weighted by Gasteiger charge is 2.40. The molecule has 0 spiro atoms. The van der Waals surface area contributed by atoms with E-state index in [4.69, 9.17) is 14.2 Å². The zero-order chi connectivity index (χ0) is 12.3. The van der Waals surface area contributed by atoms with Crippen molar-refractivity contribution in [2.45, 2.75) is 25.6 Å². The number of ether oxygens (including phenoxy) is 3. The van der Waals surface area contributed by atoms with Gasteiger partial charge in [-0.2, -0.15) is 0 Å². The molecule has 2 atom stereocenters. The highest BCUT2D eigenvalue weighted by molar-refractivity contribution is 5.76. The van der Waals surface area contributed by atoms with Gasteiger partial charge in [0.25, 0.3) is 0 Å². The van der Waals surface area contributed by atoms with Crippen LogP contribution in [0, 0.1) is 0 Å². The average molecular weight is 236 g/mol. The minimum atomic E-state index is -0.587. The summed E-state index contributed by atoms with van der Waals surface area (Å²) in [5.41, 5.74) is -0.207. The maximum absolute atomic E-state index is 11.7. The zero-order valence-corrected chi connectivity index (χ0v) is 10.0. The van der Waals surface area contributed by atoms with E-state index in [0.717, 1.165) is 0 Å². The second-order valence-corrected chi connectivity index (χ2v) is 4.43. The fourth-order valence-corrected chi connectivity index (χ4v) is 1.26. The van der Waals surface area contributed by atoms with Crippen molar-refractivity contribution in [2.75, 3.05) is 13.2 Å². The van der Waals surface area contributed by atoms with Crippen molar-refractivity contribution in [3.05, 3.63) is 30.3 Å². The number of hydrogen-bond acceptors (Lipinski definition) is 4. The molecule has 4 heteroatoms. The summed E-state index contributed by atoms with van der Waals surface area (Å²) < 4.78 is 15.7. The Bertz CT molecular complexity index is 384. The van der Waals surface area contributed by atoms with Crippen molar-refractivity contribution in [3.8, 4) is 5.75 Å². The fourth-order valence-electron chi connectivity index (χ4n) is 1.26. The second kappa shape index (κ2) is 4.85. The molecule has 1 aliphatic heterocycles. The van der Waals surface area contributed by atoms with Crippen molar-refractivity contribution >= 4 is 5.97 Å². The predicted molar refractivity (Wildman–Crippen MR) is 61.8 cm³/mol. The summed E-state index contributed by atoms with van der Waals surface area (Å²) in [6, 6.07) is 8.95. The number of rotatable bonds is 5. The molecule has 92 valence electrons. The SMILES string of the molecule is CC(OC[C@]1(C)CO1)C(=O)Oc1ccccc1. The van der Waals surface area contributed by atoms with Crippen LogP contribution in [-0.4, -0.2) is 30.9 Å². The van der Waals surface area contributed by atoms with Crippen LogP contribution >= 0.6 is 0 Å². The van der Waals surface area contributed by atoms with Crippen LogP contribution in [-0.2, 0) is 14.3 Å². The molecular weight excluding hydrogens is 220 g/mol. The molecule has 1 aromatic carbocycles. The normalized spacial score (nSPS) is 24.1. The van der Waals surface area contributed by atoms with Crippen LogP contribution in [0.25, 0.3) is 0 Å². The van der Waals surface area contributed by atoms with Crippen LogP contribution in [0.2, 0.25) is 0 Å². The minimum absolute atomic E-state index is 0.207. The Morgan fingerprint density at radius 1 is 1.47 bits per heavy atom. The number of para-hydroxylation sites is 1. The Hall–Kier alpha value is -1.39. The van der Waals surface area contributed by atoms with E-state index in [1.54, 1.807) is 19.1 Å². The van der Waals surface area contributed by atoms with Gasteiger partial charge in [-0.3, -0.25) is 0 Å². The van der Waals surface area contributed by atoms with Gasteiger partial charge in [0.05, 0.1) is 13.2 Å². The lowest BCUT2D eigenvalue weighted by atomic mass is 10.2. The van der Waals surface area contributed by atoms with Crippen LogP contribution in [0.3, 0.4) is 0 Å². The molecule has 1 fully saturated rings. The first-order valence-corrected chi connectivity index (χ1v) is 5.61. The Kier molecular flexibility index (Phi) is 3.45. The second-order valence-electron chi connectivity index (χ2n) is 4.43. The molecule has 4 nitrogen and oxygen atoms in total. The van der Waals surface area contributed by atoms with Crippen LogP contribution < -0.4 is 4.74 Å². The highest BCUT2D eigenvalue weighted by Crippen LogP contribution is 2.26. The smallest absolute Gasteiger partial charge is 0.340 e. The van der Waals surface area contributed by atoms with Gasteiger partial charge in [0.2, 0.25) is 0 Å². The quantitative estimate of drug-likeness (QED) is 0.444. The Morgan fingerprint density at radius 3 is 2.71 bits per heavy atom. The first kappa shape index (κ1) is 12.1. The summed E-state index contributed by atoms with van der Waals surface area (Å²) in [4.78, 5) is 11.7. The Labute approximate surface area is 100 Å². The monoisotopic (exact) mass is 236 g/mol. The van der Waals surface area contributed by atoms with Gasteiger partial charge in [-0.05, 0) is 26.0 Å². The molecule has 1 aliphatic rings. The molecule has 2 rings (SSSR count). The molecule has 1 heterocycles. The van der Waals surface area contributed by atoms with Gasteiger partial charge >= 0.3 is 5.97 Å². The molecule has 0 amide bonds. The third kappa shape index (κ3) is 3.54. The fraction of sp³-hybridized carbons (Fsp3) is 0.462. The van der Waals surface area contributed by atoms with Gasteiger partial charge in [0.15, 0.2) is 6.10 Å². The minimum Gasteiger partial charge on any atom is -0.425 e. The maximum Gasteiger partial charge on any atom is 0.340 e. The standard InChI is InChI=1S/C13H16O4/c1-10(15-8-13(2)9-16-13)12(14)17-11-6-4-3-5-7-11/h3-7,10H,8-9H2,1-2H3/t10?,13-/m1/s1. The lowest BCUT2D eigenvalue weighted by Crippen LogP contribution is -2.29. The third-order valence-corrected chi connectivity index (χ3v) is 2.57. The van der Waals surface area contributed by atoms with Crippen LogP contribution in [0.5, 0.6) is 5.75 Å². The van der Waals surface area contributed by atoms with Crippen molar-refractivity contribution in [1.82, 2.24) is 0 Å². The van der Waals surface area contributed by atoms with Gasteiger partial charge in [0.1, 0.15) is 11.4 Å². The molecule has 0 aliphatic carbocycles.